The van der Waals surface area contributed by atoms with Crippen molar-refractivity contribution in [3.05, 3.63) is 35.7 Å². The van der Waals surface area contributed by atoms with Crippen molar-refractivity contribution in [1.29, 1.82) is 0 Å². The van der Waals surface area contributed by atoms with Crippen LogP contribution in [0.15, 0.2) is 24.3 Å². The minimum Gasteiger partial charge on any atom is -0.444 e. The number of ether oxygens (including phenoxy) is 1. The molecule has 34 heavy (non-hydrogen) atoms. The minimum absolute atomic E-state index is 0.00282. The van der Waals surface area contributed by atoms with E-state index in [1.807, 2.05) is 25.7 Å². The zero-order valence-electron chi connectivity index (χ0n) is 18.6. The first kappa shape index (κ1) is 27.6. The number of hydrogen-bond acceptors (Lipinski definition) is 6. The third kappa shape index (κ3) is 7.77. The number of benzene rings is 1. The van der Waals surface area contributed by atoms with Crippen LogP contribution in [0.2, 0.25) is 0 Å². The summed E-state index contributed by atoms with van der Waals surface area (Å²) in [5.41, 5.74) is 0.576. The number of alkyl carbamates (subject to hydrolysis) is 1. The number of alkyl halides is 6. The van der Waals surface area contributed by atoms with Crippen molar-refractivity contribution in [1.82, 2.24) is 20.3 Å². The van der Waals surface area contributed by atoms with Crippen LogP contribution in [0.3, 0.4) is 0 Å². The molecule has 1 N–H and O–H groups in total. The minimum atomic E-state index is -1.85. The molecular formula is C21H23Cl6N5O2. The molecule has 1 saturated heterocycles. The van der Waals surface area contributed by atoms with Crippen LogP contribution in [0.1, 0.15) is 45.0 Å². The number of nitrogens with one attached hydrogen (secondary N) is 1. The van der Waals surface area contributed by atoms with Gasteiger partial charge in [0.25, 0.3) is 0 Å². The molecule has 0 saturated carbocycles. The van der Waals surface area contributed by atoms with Gasteiger partial charge in [-0.05, 0) is 33.6 Å². The molecule has 186 valence electrons. The fourth-order valence-corrected chi connectivity index (χ4v) is 3.90. The summed E-state index contributed by atoms with van der Waals surface area (Å²) in [5.74, 6) is 0.681. The van der Waals surface area contributed by atoms with Gasteiger partial charge in [-0.1, -0.05) is 93.9 Å². The summed E-state index contributed by atoms with van der Waals surface area (Å²) in [7, 11) is 0. The van der Waals surface area contributed by atoms with Crippen LogP contribution < -0.4 is 10.2 Å². The average molecular weight is 590 g/mol. The number of hydrogen-bond donors (Lipinski definition) is 1. The van der Waals surface area contributed by atoms with E-state index in [1.165, 1.54) is 0 Å². The molecule has 1 aromatic carbocycles. The third-order valence-electron chi connectivity index (χ3n) is 4.85. The number of nitrogens with zero attached hydrogens (tertiary/aromatic N) is 4. The van der Waals surface area contributed by atoms with E-state index in [0.717, 1.165) is 0 Å². The molecule has 1 aliphatic heterocycles. The van der Waals surface area contributed by atoms with E-state index in [0.29, 0.717) is 48.8 Å². The van der Waals surface area contributed by atoms with Gasteiger partial charge in [0, 0.05) is 30.3 Å². The lowest BCUT2D eigenvalue weighted by Crippen LogP contribution is -2.46. The third-order valence-corrected chi connectivity index (χ3v) is 6.01. The van der Waals surface area contributed by atoms with E-state index in [4.69, 9.17) is 74.3 Å². The molecule has 0 spiro atoms. The highest BCUT2D eigenvalue weighted by molar-refractivity contribution is 6.67. The maximum absolute atomic E-state index is 12.1. The van der Waals surface area contributed by atoms with E-state index < -0.39 is 19.3 Å². The largest absolute Gasteiger partial charge is 0.444 e. The molecule has 2 aromatic rings. The molecule has 13 heteroatoms. The Morgan fingerprint density at radius 1 is 0.941 bits per heavy atom. The second kappa shape index (κ2) is 10.6. The number of anilines is 1. The Labute approximate surface area is 228 Å². The molecule has 0 radical (unpaired) electrons. The van der Waals surface area contributed by atoms with Gasteiger partial charge in [0.15, 0.2) is 11.6 Å². The maximum atomic E-state index is 12.1. The van der Waals surface area contributed by atoms with Gasteiger partial charge in [-0.2, -0.15) is 9.97 Å². The fraction of sp³-hybridized carbons (Fsp3) is 0.524. The Balaban J connectivity index is 1.79. The van der Waals surface area contributed by atoms with Gasteiger partial charge in [-0.15, -0.1) is 0 Å². The molecule has 2 heterocycles. The van der Waals surface area contributed by atoms with E-state index in [9.17, 15) is 4.79 Å². The van der Waals surface area contributed by atoms with Crippen LogP contribution in [0, 0.1) is 0 Å². The molecular weight excluding hydrogens is 567 g/mol. The Hall–Kier alpha value is -0.960. The average Bonchev–Trinajstić information content (AvgIpc) is 2.71. The van der Waals surface area contributed by atoms with Crippen LogP contribution in [0.25, 0.3) is 11.4 Å². The summed E-state index contributed by atoms with van der Waals surface area (Å²) in [4.78, 5) is 27.3. The first-order valence-electron chi connectivity index (χ1n) is 10.4. The van der Waals surface area contributed by atoms with Crippen molar-refractivity contribution in [2.45, 2.75) is 52.8 Å². The maximum Gasteiger partial charge on any atom is 0.407 e. The Bertz CT molecular complexity index is 1010. The second-order valence-electron chi connectivity index (χ2n) is 8.76. The standard InChI is InChI=1S/C21H23Cl6N5O2/c1-19(2,3)34-18(33)28-14-8-10-32(11-9-14)17-30-15(29-16(31-17)21(25,26)27)12-4-6-13(7-5-12)20(22,23)24/h4-7,14H,8-11H2,1-3H3,(H,28,33). The molecule has 0 atom stereocenters. The smallest absolute Gasteiger partial charge is 0.407 e. The summed E-state index contributed by atoms with van der Waals surface area (Å²) in [6, 6.07) is 6.73. The molecule has 1 aromatic heterocycles. The molecule has 1 amide bonds. The molecule has 1 fully saturated rings. The number of piperidine rings is 1. The summed E-state index contributed by atoms with van der Waals surface area (Å²) >= 11 is 36.1. The molecule has 0 unspecified atom stereocenters. The predicted molar refractivity (Wildman–Crippen MR) is 138 cm³/mol. The number of rotatable bonds is 3. The zero-order valence-corrected chi connectivity index (χ0v) is 23.1. The molecule has 3 rings (SSSR count). The van der Waals surface area contributed by atoms with Crippen molar-refractivity contribution in [2.24, 2.45) is 0 Å². The van der Waals surface area contributed by atoms with Crippen LogP contribution in [0.5, 0.6) is 0 Å². The topological polar surface area (TPSA) is 80.2 Å². The summed E-state index contributed by atoms with van der Waals surface area (Å²) in [6.07, 6.45) is 0.896. The summed E-state index contributed by atoms with van der Waals surface area (Å²) < 4.78 is 1.93. The Morgan fingerprint density at radius 3 is 2.03 bits per heavy atom. The van der Waals surface area contributed by atoms with Crippen LogP contribution in [0.4, 0.5) is 10.7 Å². The lowest BCUT2D eigenvalue weighted by molar-refractivity contribution is 0.0497. The number of aromatic nitrogens is 3. The summed E-state index contributed by atoms with van der Waals surface area (Å²) in [6.45, 7) is 6.62. The fourth-order valence-electron chi connectivity index (χ4n) is 3.27. The summed E-state index contributed by atoms with van der Waals surface area (Å²) in [5, 5.41) is 2.90. The van der Waals surface area contributed by atoms with Crippen molar-refractivity contribution in [2.75, 3.05) is 18.0 Å². The lowest BCUT2D eigenvalue weighted by atomic mass is 10.1. The number of halogens is 6. The van der Waals surface area contributed by atoms with Gasteiger partial charge in [-0.3, -0.25) is 0 Å². The van der Waals surface area contributed by atoms with Gasteiger partial charge in [0.1, 0.15) is 5.60 Å². The van der Waals surface area contributed by atoms with E-state index in [1.54, 1.807) is 24.3 Å². The SMILES string of the molecule is CC(C)(C)OC(=O)NC1CCN(c2nc(-c3ccc(C(Cl)(Cl)Cl)cc3)nc(C(Cl)(Cl)Cl)n2)CC1. The first-order valence-corrected chi connectivity index (χ1v) is 12.6. The van der Waals surface area contributed by atoms with Gasteiger partial charge in [-0.25, -0.2) is 9.78 Å². The molecule has 0 bridgehead atoms. The van der Waals surface area contributed by atoms with E-state index in [2.05, 4.69) is 20.3 Å². The highest BCUT2D eigenvalue weighted by Gasteiger charge is 2.31. The van der Waals surface area contributed by atoms with Crippen molar-refractivity contribution < 1.29 is 9.53 Å². The highest BCUT2D eigenvalue weighted by Crippen LogP contribution is 2.39. The Morgan fingerprint density at radius 2 is 1.53 bits per heavy atom. The van der Waals surface area contributed by atoms with E-state index in [-0.39, 0.29) is 11.9 Å². The van der Waals surface area contributed by atoms with Crippen molar-refractivity contribution in [3.8, 4) is 11.4 Å². The van der Waals surface area contributed by atoms with Gasteiger partial charge in [0.2, 0.25) is 13.5 Å². The monoisotopic (exact) mass is 587 g/mol. The van der Waals surface area contributed by atoms with Crippen molar-refractivity contribution >= 4 is 81.6 Å². The van der Waals surface area contributed by atoms with Crippen LogP contribution in [-0.4, -0.2) is 45.8 Å². The van der Waals surface area contributed by atoms with E-state index >= 15 is 0 Å². The van der Waals surface area contributed by atoms with Crippen LogP contribution in [-0.2, 0) is 12.3 Å². The second-order valence-corrected chi connectivity index (χ2v) is 13.3. The molecule has 0 aliphatic carbocycles. The Kier molecular flexibility index (Phi) is 8.59. The van der Waals surface area contributed by atoms with Crippen molar-refractivity contribution in [3.63, 3.8) is 0 Å². The van der Waals surface area contributed by atoms with Gasteiger partial charge >= 0.3 is 6.09 Å². The van der Waals surface area contributed by atoms with Crippen LogP contribution >= 0.6 is 69.6 Å². The van der Waals surface area contributed by atoms with Gasteiger partial charge < -0.3 is 15.0 Å². The number of carbonyl (C=O) groups excluding carboxylic acids is 1. The lowest BCUT2D eigenvalue weighted by Gasteiger charge is -2.33. The van der Waals surface area contributed by atoms with Gasteiger partial charge in [0.05, 0.1) is 0 Å². The molecule has 1 aliphatic rings. The first-order chi connectivity index (χ1) is 15.6. The zero-order chi connectivity index (χ0) is 25.3. The number of amides is 1. The molecule has 7 nitrogen and oxygen atoms in total. The normalized spacial score (nSPS) is 15.9. The quantitative estimate of drug-likeness (QED) is 0.402. The number of carbonyl (C=O) groups is 1. The highest BCUT2D eigenvalue weighted by atomic mass is 35.6. The predicted octanol–water partition coefficient (Wildman–Crippen LogP) is 6.69.